The van der Waals surface area contributed by atoms with E-state index in [9.17, 15) is 14.0 Å². The number of aromatic nitrogens is 2. The Morgan fingerprint density at radius 2 is 1.66 bits per heavy atom. The zero-order valence-corrected chi connectivity index (χ0v) is 21.7. The predicted octanol–water partition coefficient (Wildman–Crippen LogP) is 5.22. The molecule has 2 heterocycles. The average Bonchev–Trinajstić information content (AvgIpc) is 3.42. The molecule has 1 saturated heterocycles. The van der Waals surface area contributed by atoms with Crippen LogP contribution in [-0.2, 0) is 4.79 Å². The summed E-state index contributed by atoms with van der Waals surface area (Å²) in [5.74, 6) is -0.563. The van der Waals surface area contributed by atoms with Crippen LogP contribution in [0.1, 0.15) is 10.4 Å². The van der Waals surface area contributed by atoms with Crippen LogP contribution in [0.25, 0.3) is 11.5 Å². The summed E-state index contributed by atoms with van der Waals surface area (Å²) in [6.45, 7) is 2.65. The van der Waals surface area contributed by atoms with Gasteiger partial charge in [0.15, 0.2) is 0 Å². The van der Waals surface area contributed by atoms with Crippen molar-refractivity contribution < 1.29 is 18.4 Å². The van der Waals surface area contributed by atoms with Crippen LogP contribution < -0.4 is 10.2 Å². The molecule has 8 nitrogen and oxygen atoms in total. The smallest absolute Gasteiger partial charge is 0.277 e. The van der Waals surface area contributed by atoms with Crippen molar-refractivity contribution in [2.75, 3.05) is 42.1 Å². The first-order chi connectivity index (χ1) is 18.5. The number of nitrogens with zero attached hydrogens (tertiary/aromatic N) is 4. The Morgan fingerprint density at radius 1 is 0.947 bits per heavy atom. The van der Waals surface area contributed by atoms with E-state index < -0.39 is 5.82 Å². The van der Waals surface area contributed by atoms with E-state index in [1.165, 1.54) is 6.07 Å². The van der Waals surface area contributed by atoms with Gasteiger partial charge in [0.25, 0.3) is 17.0 Å². The fraction of sp³-hybridized carbons (Fsp3) is 0.185. The van der Waals surface area contributed by atoms with Gasteiger partial charge in [-0.25, -0.2) is 4.39 Å². The molecule has 4 aromatic rings. The number of amides is 2. The Kier molecular flexibility index (Phi) is 7.90. The van der Waals surface area contributed by atoms with Crippen LogP contribution in [0.5, 0.6) is 0 Å². The third-order valence-corrected chi connectivity index (χ3v) is 7.08. The second-order valence-corrected chi connectivity index (χ2v) is 9.89. The predicted molar refractivity (Wildman–Crippen MR) is 145 cm³/mol. The molecule has 1 aromatic heterocycles. The van der Waals surface area contributed by atoms with E-state index in [2.05, 4.69) is 20.4 Å². The molecule has 0 saturated carbocycles. The summed E-state index contributed by atoms with van der Waals surface area (Å²) in [5, 5.41) is 11.4. The lowest BCUT2D eigenvalue weighted by atomic mass is 10.1. The lowest BCUT2D eigenvalue weighted by molar-refractivity contribution is -0.113. The molecular weight excluding hydrogens is 529 g/mol. The SMILES string of the molecule is O=C(CSc1nnc(-c2ccccc2F)o1)Nc1ccc(N2CCN(C(=O)c3ccc(Cl)cc3)CC2)cc1. The van der Waals surface area contributed by atoms with E-state index in [-0.39, 0.29) is 34.2 Å². The molecule has 0 radical (unpaired) electrons. The molecule has 0 spiro atoms. The van der Waals surface area contributed by atoms with Crippen molar-refractivity contribution in [3.8, 4) is 11.5 Å². The minimum absolute atomic E-state index is 0.00114. The Hall–Kier alpha value is -3.89. The van der Waals surface area contributed by atoms with Gasteiger partial charge >= 0.3 is 0 Å². The highest BCUT2D eigenvalue weighted by molar-refractivity contribution is 7.99. The highest BCUT2D eigenvalue weighted by Crippen LogP contribution is 2.26. The van der Waals surface area contributed by atoms with Crippen LogP contribution in [0.4, 0.5) is 15.8 Å². The Labute approximate surface area is 227 Å². The molecule has 5 rings (SSSR count). The van der Waals surface area contributed by atoms with Crippen molar-refractivity contribution in [1.82, 2.24) is 15.1 Å². The van der Waals surface area contributed by atoms with Gasteiger partial charge in [0.05, 0.1) is 11.3 Å². The number of carbonyl (C=O) groups is 2. The Balaban J connectivity index is 1.09. The normalized spacial score (nSPS) is 13.4. The van der Waals surface area contributed by atoms with E-state index >= 15 is 0 Å². The van der Waals surface area contributed by atoms with Gasteiger partial charge in [0.2, 0.25) is 5.91 Å². The summed E-state index contributed by atoms with van der Waals surface area (Å²) in [5.41, 5.74) is 2.52. The van der Waals surface area contributed by atoms with Crippen molar-refractivity contribution in [3.05, 3.63) is 89.2 Å². The summed E-state index contributed by atoms with van der Waals surface area (Å²) in [6.07, 6.45) is 0. The van der Waals surface area contributed by atoms with Gasteiger partial charge in [0, 0.05) is 48.1 Å². The largest absolute Gasteiger partial charge is 0.411 e. The van der Waals surface area contributed by atoms with Gasteiger partial charge in [-0.2, -0.15) is 0 Å². The summed E-state index contributed by atoms with van der Waals surface area (Å²) < 4.78 is 19.4. The zero-order chi connectivity index (χ0) is 26.5. The minimum Gasteiger partial charge on any atom is -0.411 e. The number of nitrogens with one attached hydrogen (secondary N) is 1. The van der Waals surface area contributed by atoms with Crippen LogP contribution in [0, 0.1) is 5.82 Å². The van der Waals surface area contributed by atoms with Crippen LogP contribution in [0.3, 0.4) is 0 Å². The summed E-state index contributed by atoms with van der Waals surface area (Å²) >= 11 is 6.99. The first kappa shape index (κ1) is 25.7. The fourth-order valence-corrected chi connectivity index (χ4v) is 4.72. The molecule has 38 heavy (non-hydrogen) atoms. The lowest BCUT2D eigenvalue weighted by Gasteiger charge is -2.36. The number of anilines is 2. The summed E-state index contributed by atoms with van der Waals surface area (Å²) in [4.78, 5) is 29.2. The molecule has 3 aromatic carbocycles. The number of thioether (sulfide) groups is 1. The van der Waals surface area contributed by atoms with Gasteiger partial charge in [-0.1, -0.05) is 35.5 Å². The molecule has 2 amide bonds. The molecule has 0 atom stereocenters. The number of hydrogen-bond acceptors (Lipinski definition) is 7. The Morgan fingerprint density at radius 3 is 2.37 bits per heavy atom. The van der Waals surface area contributed by atoms with Gasteiger partial charge in [0.1, 0.15) is 5.82 Å². The molecule has 0 bridgehead atoms. The topological polar surface area (TPSA) is 91.6 Å². The van der Waals surface area contributed by atoms with Gasteiger partial charge in [-0.3, -0.25) is 9.59 Å². The van der Waals surface area contributed by atoms with Crippen LogP contribution >= 0.6 is 23.4 Å². The maximum atomic E-state index is 13.9. The molecule has 0 aliphatic carbocycles. The first-order valence-electron chi connectivity index (χ1n) is 11.9. The zero-order valence-electron chi connectivity index (χ0n) is 20.1. The molecule has 11 heteroatoms. The third-order valence-electron chi connectivity index (χ3n) is 6.01. The number of benzene rings is 3. The molecular formula is C27H23ClFN5O3S. The highest BCUT2D eigenvalue weighted by atomic mass is 35.5. The van der Waals surface area contributed by atoms with Crippen LogP contribution in [0.15, 0.2) is 82.4 Å². The van der Waals surface area contributed by atoms with E-state index in [1.54, 1.807) is 42.5 Å². The third kappa shape index (κ3) is 6.15. The first-order valence-corrected chi connectivity index (χ1v) is 13.2. The average molecular weight is 552 g/mol. The maximum Gasteiger partial charge on any atom is 0.277 e. The van der Waals surface area contributed by atoms with Crippen molar-refractivity contribution >= 4 is 46.6 Å². The second kappa shape index (κ2) is 11.7. The monoisotopic (exact) mass is 551 g/mol. The quantitative estimate of drug-likeness (QED) is 0.315. The summed E-state index contributed by atoms with van der Waals surface area (Å²) in [7, 11) is 0. The summed E-state index contributed by atoms with van der Waals surface area (Å²) in [6, 6.07) is 20.6. The van der Waals surface area contributed by atoms with Gasteiger partial charge in [-0.15, -0.1) is 10.2 Å². The second-order valence-electron chi connectivity index (χ2n) is 8.52. The van der Waals surface area contributed by atoms with E-state index in [1.807, 2.05) is 29.2 Å². The number of halogens is 2. The fourth-order valence-electron chi connectivity index (χ4n) is 4.03. The van der Waals surface area contributed by atoms with Gasteiger partial charge in [-0.05, 0) is 60.7 Å². The highest BCUT2D eigenvalue weighted by Gasteiger charge is 2.22. The van der Waals surface area contributed by atoms with E-state index in [0.29, 0.717) is 42.5 Å². The van der Waals surface area contributed by atoms with Crippen LogP contribution in [0.2, 0.25) is 5.02 Å². The number of rotatable bonds is 7. The van der Waals surface area contributed by atoms with Crippen molar-refractivity contribution in [1.29, 1.82) is 0 Å². The Bertz CT molecular complexity index is 1420. The van der Waals surface area contributed by atoms with Crippen LogP contribution in [-0.4, -0.2) is 58.8 Å². The molecule has 1 fully saturated rings. The minimum atomic E-state index is -0.456. The lowest BCUT2D eigenvalue weighted by Crippen LogP contribution is -2.48. The van der Waals surface area contributed by atoms with E-state index in [0.717, 1.165) is 17.4 Å². The molecule has 1 aliphatic rings. The standard InChI is InChI=1S/C27H23ClFN5O3S/c28-19-7-5-18(6-8-19)26(36)34-15-13-33(14-16-34)21-11-9-20(10-12-21)30-24(35)17-38-27-32-31-25(37-27)22-3-1-2-4-23(22)29/h1-12H,13-17H2,(H,30,35). The molecule has 1 N–H and O–H groups in total. The number of piperazine rings is 1. The van der Waals surface area contributed by atoms with Gasteiger partial charge < -0.3 is 19.5 Å². The molecule has 1 aliphatic heterocycles. The number of carbonyl (C=O) groups excluding carboxylic acids is 2. The van der Waals surface area contributed by atoms with Crippen molar-refractivity contribution in [2.24, 2.45) is 0 Å². The molecule has 0 unspecified atom stereocenters. The maximum absolute atomic E-state index is 13.9. The molecule has 194 valence electrons. The number of hydrogen-bond donors (Lipinski definition) is 1. The van der Waals surface area contributed by atoms with Crippen molar-refractivity contribution in [3.63, 3.8) is 0 Å². The van der Waals surface area contributed by atoms with E-state index in [4.69, 9.17) is 16.0 Å². The van der Waals surface area contributed by atoms with Crippen molar-refractivity contribution in [2.45, 2.75) is 5.22 Å².